The summed E-state index contributed by atoms with van der Waals surface area (Å²) >= 11 is 4.91. The summed E-state index contributed by atoms with van der Waals surface area (Å²) in [5.74, 6) is -0.162. The molecule has 4 heteroatoms. The molecule has 0 amide bonds. The highest BCUT2D eigenvalue weighted by Gasteiger charge is 2.17. The average molecular weight is 289 g/mol. The predicted octanol–water partition coefficient (Wildman–Crippen LogP) is 3.49. The maximum atomic E-state index is 11.4. The third-order valence-electron chi connectivity index (χ3n) is 1.93. The van der Waals surface area contributed by atoms with Crippen molar-refractivity contribution in [3.05, 3.63) is 28.7 Å². The summed E-state index contributed by atoms with van der Waals surface area (Å²) in [6, 6.07) is 7.90. The van der Waals surface area contributed by atoms with E-state index in [4.69, 9.17) is 4.74 Å². The Morgan fingerprint density at radius 1 is 1.47 bits per heavy atom. The quantitative estimate of drug-likeness (QED) is 0.627. The fraction of sp³-hybridized carbons (Fsp3) is 0.364. The van der Waals surface area contributed by atoms with Crippen LogP contribution in [0.1, 0.15) is 13.3 Å². The minimum absolute atomic E-state index is 0.115. The number of rotatable bonds is 4. The van der Waals surface area contributed by atoms with Gasteiger partial charge in [-0.3, -0.25) is 4.79 Å². The van der Waals surface area contributed by atoms with Gasteiger partial charge in [0.15, 0.2) is 0 Å². The zero-order chi connectivity index (χ0) is 11.3. The molecule has 0 aromatic heterocycles. The van der Waals surface area contributed by atoms with Crippen LogP contribution in [-0.4, -0.2) is 18.3 Å². The first-order valence-electron chi connectivity index (χ1n) is 4.67. The molecule has 0 aliphatic rings. The summed E-state index contributed by atoms with van der Waals surface area (Å²) in [5, 5.41) is -0.115. The third-order valence-corrected chi connectivity index (χ3v) is 3.81. The van der Waals surface area contributed by atoms with Gasteiger partial charge in [0.2, 0.25) is 0 Å². The first-order valence-corrected chi connectivity index (χ1v) is 6.34. The molecule has 0 N–H and O–H groups in total. The van der Waals surface area contributed by atoms with Crippen LogP contribution in [0.15, 0.2) is 33.6 Å². The highest BCUT2D eigenvalue weighted by atomic mass is 79.9. The lowest BCUT2D eigenvalue weighted by atomic mass is 10.3. The molecule has 0 spiro atoms. The van der Waals surface area contributed by atoms with Gasteiger partial charge in [-0.15, -0.1) is 11.8 Å². The van der Waals surface area contributed by atoms with Gasteiger partial charge in [-0.2, -0.15) is 0 Å². The Balaban J connectivity index is 2.66. The van der Waals surface area contributed by atoms with E-state index in [1.165, 1.54) is 18.9 Å². The Kier molecular flexibility index (Phi) is 5.19. The van der Waals surface area contributed by atoms with Crippen molar-refractivity contribution in [2.45, 2.75) is 23.5 Å². The van der Waals surface area contributed by atoms with Gasteiger partial charge in [0.25, 0.3) is 0 Å². The molecule has 82 valence electrons. The summed E-state index contributed by atoms with van der Waals surface area (Å²) in [6.45, 7) is 1.98. The van der Waals surface area contributed by atoms with Crippen LogP contribution in [-0.2, 0) is 9.53 Å². The highest BCUT2D eigenvalue weighted by molar-refractivity contribution is 9.10. The maximum Gasteiger partial charge on any atom is 0.319 e. The summed E-state index contributed by atoms with van der Waals surface area (Å²) < 4.78 is 5.77. The summed E-state index contributed by atoms with van der Waals surface area (Å²) in [6.07, 6.45) is 0.771. The van der Waals surface area contributed by atoms with Crippen LogP contribution in [0, 0.1) is 0 Å². The fourth-order valence-corrected chi connectivity index (χ4v) is 2.35. The molecule has 0 radical (unpaired) electrons. The van der Waals surface area contributed by atoms with E-state index in [1.807, 2.05) is 31.2 Å². The van der Waals surface area contributed by atoms with Crippen molar-refractivity contribution in [2.75, 3.05) is 7.11 Å². The maximum absolute atomic E-state index is 11.4. The van der Waals surface area contributed by atoms with E-state index < -0.39 is 0 Å². The number of halogens is 1. The number of hydrogen-bond donors (Lipinski definition) is 0. The van der Waals surface area contributed by atoms with Crippen molar-refractivity contribution in [1.29, 1.82) is 0 Å². The number of ether oxygens (including phenoxy) is 1. The van der Waals surface area contributed by atoms with Gasteiger partial charge in [0.1, 0.15) is 5.25 Å². The minimum Gasteiger partial charge on any atom is -0.468 e. The average Bonchev–Trinajstić information content (AvgIpc) is 2.27. The second kappa shape index (κ2) is 6.18. The molecule has 1 unspecified atom stereocenters. The molecule has 0 aliphatic heterocycles. The topological polar surface area (TPSA) is 26.3 Å². The second-order valence-corrected chi connectivity index (χ2v) is 5.18. The van der Waals surface area contributed by atoms with Crippen LogP contribution < -0.4 is 0 Å². The van der Waals surface area contributed by atoms with E-state index >= 15 is 0 Å². The van der Waals surface area contributed by atoms with Gasteiger partial charge in [-0.05, 0) is 30.7 Å². The largest absolute Gasteiger partial charge is 0.468 e. The Hall–Kier alpha value is -0.480. The molecule has 0 heterocycles. The van der Waals surface area contributed by atoms with E-state index in [2.05, 4.69) is 15.9 Å². The monoisotopic (exact) mass is 288 g/mol. The third kappa shape index (κ3) is 3.87. The van der Waals surface area contributed by atoms with Gasteiger partial charge in [0.05, 0.1) is 7.11 Å². The van der Waals surface area contributed by atoms with Crippen molar-refractivity contribution in [2.24, 2.45) is 0 Å². The van der Waals surface area contributed by atoms with Crippen LogP contribution >= 0.6 is 27.7 Å². The van der Waals surface area contributed by atoms with Crippen LogP contribution in [0.3, 0.4) is 0 Å². The predicted molar refractivity (Wildman–Crippen MR) is 66.1 cm³/mol. The van der Waals surface area contributed by atoms with E-state index in [0.29, 0.717) is 0 Å². The van der Waals surface area contributed by atoms with Crippen LogP contribution in [0.4, 0.5) is 0 Å². The lowest BCUT2D eigenvalue weighted by molar-refractivity contribution is -0.140. The van der Waals surface area contributed by atoms with Crippen molar-refractivity contribution >= 4 is 33.7 Å². The Labute approximate surface area is 103 Å². The number of carbonyl (C=O) groups is 1. The van der Waals surface area contributed by atoms with Crippen molar-refractivity contribution in [1.82, 2.24) is 0 Å². The first kappa shape index (κ1) is 12.6. The molecular formula is C11H13BrO2S. The molecule has 2 nitrogen and oxygen atoms in total. The van der Waals surface area contributed by atoms with E-state index in [1.54, 1.807) is 0 Å². The summed E-state index contributed by atoms with van der Waals surface area (Å²) in [4.78, 5) is 12.4. The lowest BCUT2D eigenvalue weighted by Gasteiger charge is -2.11. The zero-order valence-corrected chi connectivity index (χ0v) is 11.1. The summed E-state index contributed by atoms with van der Waals surface area (Å²) in [5.41, 5.74) is 0. The van der Waals surface area contributed by atoms with Crippen molar-refractivity contribution in [3.63, 3.8) is 0 Å². The molecule has 1 aromatic rings. The molecule has 15 heavy (non-hydrogen) atoms. The van der Waals surface area contributed by atoms with Gasteiger partial charge in [0, 0.05) is 9.37 Å². The van der Waals surface area contributed by atoms with Crippen molar-refractivity contribution in [3.8, 4) is 0 Å². The number of benzene rings is 1. The normalized spacial score (nSPS) is 12.2. The second-order valence-electron chi connectivity index (χ2n) is 2.99. The Morgan fingerprint density at radius 3 is 2.53 bits per heavy atom. The number of thioether (sulfide) groups is 1. The highest BCUT2D eigenvalue weighted by Crippen LogP contribution is 2.27. The Morgan fingerprint density at radius 2 is 2.07 bits per heavy atom. The van der Waals surface area contributed by atoms with Crippen LogP contribution in [0.5, 0.6) is 0 Å². The fourth-order valence-electron chi connectivity index (χ4n) is 1.11. The van der Waals surface area contributed by atoms with Crippen LogP contribution in [0.2, 0.25) is 0 Å². The van der Waals surface area contributed by atoms with Crippen LogP contribution in [0.25, 0.3) is 0 Å². The lowest BCUT2D eigenvalue weighted by Crippen LogP contribution is -2.17. The number of carbonyl (C=O) groups excluding carboxylic acids is 1. The Bertz CT molecular complexity index is 324. The standard InChI is InChI=1S/C11H13BrO2S/c1-3-10(11(13)14-2)15-9-6-4-8(12)5-7-9/h4-7,10H,3H2,1-2H3. The molecule has 1 aromatic carbocycles. The smallest absolute Gasteiger partial charge is 0.319 e. The van der Waals surface area contributed by atoms with Gasteiger partial charge in [-0.1, -0.05) is 22.9 Å². The molecule has 0 fully saturated rings. The molecule has 0 bridgehead atoms. The van der Waals surface area contributed by atoms with E-state index in [0.717, 1.165) is 15.8 Å². The molecule has 0 saturated carbocycles. The SMILES string of the molecule is CCC(Sc1ccc(Br)cc1)C(=O)OC. The number of hydrogen-bond acceptors (Lipinski definition) is 3. The number of methoxy groups -OCH3 is 1. The molecular weight excluding hydrogens is 276 g/mol. The van der Waals surface area contributed by atoms with Gasteiger partial charge >= 0.3 is 5.97 Å². The van der Waals surface area contributed by atoms with E-state index in [-0.39, 0.29) is 11.2 Å². The number of esters is 1. The summed E-state index contributed by atoms with van der Waals surface area (Å²) in [7, 11) is 1.42. The molecule has 0 saturated heterocycles. The molecule has 1 atom stereocenters. The first-order chi connectivity index (χ1) is 7.17. The van der Waals surface area contributed by atoms with Gasteiger partial charge in [-0.25, -0.2) is 0 Å². The van der Waals surface area contributed by atoms with Crippen molar-refractivity contribution < 1.29 is 9.53 Å². The molecule has 0 aliphatic carbocycles. The van der Waals surface area contributed by atoms with Gasteiger partial charge < -0.3 is 4.74 Å². The minimum atomic E-state index is -0.162. The van der Waals surface area contributed by atoms with E-state index in [9.17, 15) is 4.79 Å². The molecule has 1 rings (SSSR count). The zero-order valence-electron chi connectivity index (χ0n) is 8.70.